The Kier molecular flexibility index (Phi) is 5.66. The summed E-state index contributed by atoms with van der Waals surface area (Å²) in [6.07, 6.45) is 5.63. The first-order valence-corrected chi connectivity index (χ1v) is 11.5. The molecule has 0 atom stereocenters. The van der Waals surface area contributed by atoms with Crippen LogP contribution in [0.15, 0.2) is 69.5 Å². The molecular weight excluding hydrogens is 408 g/mol. The van der Waals surface area contributed by atoms with Crippen LogP contribution in [0.1, 0.15) is 21.8 Å². The first-order chi connectivity index (χ1) is 14.0. The van der Waals surface area contributed by atoms with Crippen molar-refractivity contribution in [1.29, 1.82) is 0 Å². The molecule has 4 rings (SSSR count). The number of amides is 1. The molecule has 0 radical (unpaired) electrons. The Morgan fingerprint density at radius 3 is 2.79 bits per heavy atom. The molecule has 0 spiro atoms. The van der Waals surface area contributed by atoms with Crippen LogP contribution < -0.4 is 4.72 Å². The van der Waals surface area contributed by atoms with E-state index in [-0.39, 0.29) is 17.3 Å². The van der Waals surface area contributed by atoms with Gasteiger partial charge in [0.15, 0.2) is 0 Å². The molecule has 0 fully saturated rings. The van der Waals surface area contributed by atoms with Gasteiger partial charge < -0.3 is 9.32 Å². The molecule has 6 nitrogen and oxygen atoms in total. The zero-order valence-electron chi connectivity index (χ0n) is 15.6. The van der Waals surface area contributed by atoms with Crippen molar-refractivity contribution in [2.24, 2.45) is 0 Å². The summed E-state index contributed by atoms with van der Waals surface area (Å²) in [4.78, 5) is 15.8. The lowest BCUT2D eigenvalue weighted by Crippen LogP contribution is -2.34. The van der Waals surface area contributed by atoms with Crippen LogP contribution in [-0.4, -0.2) is 25.8 Å². The number of hydrogen-bond acceptors (Lipinski definition) is 5. The van der Waals surface area contributed by atoms with Crippen LogP contribution in [0.5, 0.6) is 0 Å². The minimum Gasteiger partial charge on any atom is -0.468 e. The van der Waals surface area contributed by atoms with Crippen molar-refractivity contribution in [2.45, 2.75) is 24.4 Å². The lowest BCUT2D eigenvalue weighted by molar-refractivity contribution is -0.126. The van der Waals surface area contributed by atoms with Crippen LogP contribution in [0.2, 0.25) is 0 Å². The van der Waals surface area contributed by atoms with Gasteiger partial charge in [0.1, 0.15) is 5.76 Å². The van der Waals surface area contributed by atoms with Gasteiger partial charge >= 0.3 is 0 Å². The second kappa shape index (κ2) is 8.36. The second-order valence-electron chi connectivity index (χ2n) is 6.69. The Bertz CT molecular complexity index is 1110. The zero-order chi connectivity index (χ0) is 20.3. The van der Waals surface area contributed by atoms with Gasteiger partial charge in [0.05, 0.1) is 17.7 Å². The van der Waals surface area contributed by atoms with Crippen LogP contribution in [0.3, 0.4) is 0 Å². The number of nitrogens with zero attached hydrogens (tertiary/aromatic N) is 1. The largest absolute Gasteiger partial charge is 0.468 e. The van der Waals surface area contributed by atoms with Crippen molar-refractivity contribution in [3.63, 3.8) is 0 Å². The van der Waals surface area contributed by atoms with E-state index < -0.39 is 10.0 Å². The van der Waals surface area contributed by atoms with Crippen molar-refractivity contribution >= 4 is 33.3 Å². The highest BCUT2D eigenvalue weighted by Crippen LogP contribution is 2.24. The highest BCUT2D eigenvalue weighted by atomic mass is 32.2. The third-order valence-electron chi connectivity index (χ3n) is 4.74. The highest BCUT2D eigenvalue weighted by molar-refractivity contribution is 7.89. The molecule has 1 aliphatic heterocycles. The van der Waals surface area contributed by atoms with E-state index in [1.807, 2.05) is 4.90 Å². The van der Waals surface area contributed by atoms with Crippen LogP contribution in [0, 0.1) is 0 Å². The summed E-state index contributed by atoms with van der Waals surface area (Å²) in [5, 5.41) is 2.06. The summed E-state index contributed by atoms with van der Waals surface area (Å²) >= 11 is 1.74. The molecule has 1 N–H and O–H groups in total. The van der Waals surface area contributed by atoms with E-state index in [1.54, 1.807) is 41.7 Å². The number of hydrogen-bond donors (Lipinski definition) is 1. The minimum absolute atomic E-state index is 0.0429. The van der Waals surface area contributed by atoms with Crippen LogP contribution >= 0.6 is 11.3 Å². The number of furan rings is 1. The Morgan fingerprint density at radius 1 is 1.21 bits per heavy atom. The fraction of sp³-hybridized carbons (Fsp3) is 0.190. The van der Waals surface area contributed by atoms with E-state index >= 15 is 0 Å². The SMILES string of the molecule is O=C(/C=C/c1ccc(S(=O)(=O)NCc2ccco2)cc1)N1CCc2sccc2C1. The van der Waals surface area contributed by atoms with Gasteiger partial charge in [-0.2, -0.15) is 0 Å². The van der Waals surface area contributed by atoms with E-state index in [0.717, 1.165) is 18.5 Å². The average Bonchev–Trinajstić information content (AvgIpc) is 3.42. The summed E-state index contributed by atoms with van der Waals surface area (Å²) in [5.41, 5.74) is 1.98. The van der Waals surface area contributed by atoms with Gasteiger partial charge in [0.2, 0.25) is 15.9 Å². The van der Waals surface area contributed by atoms with Crippen LogP contribution in [0.4, 0.5) is 0 Å². The van der Waals surface area contributed by atoms with Crippen molar-refractivity contribution in [3.05, 3.63) is 81.9 Å². The molecule has 0 bridgehead atoms. The standard InChI is InChI=1S/C21H20N2O4S2/c24-21(23-11-9-20-17(15-23)10-13-28-20)8-5-16-3-6-19(7-4-16)29(25,26)22-14-18-2-1-12-27-18/h1-8,10,12-13,22H,9,11,14-15H2/b8-5+. The topological polar surface area (TPSA) is 79.6 Å². The molecule has 3 heterocycles. The number of nitrogens with one attached hydrogen (secondary N) is 1. The number of benzene rings is 1. The first kappa shape index (κ1) is 19.6. The number of carbonyl (C=O) groups excluding carboxylic acids is 1. The molecule has 1 aliphatic rings. The molecule has 29 heavy (non-hydrogen) atoms. The molecule has 1 aromatic carbocycles. The molecule has 3 aromatic rings. The van der Waals surface area contributed by atoms with Gasteiger partial charge in [-0.1, -0.05) is 12.1 Å². The predicted molar refractivity (Wildman–Crippen MR) is 112 cm³/mol. The molecular formula is C21H20N2O4S2. The van der Waals surface area contributed by atoms with Gasteiger partial charge in [-0.3, -0.25) is 4.79 Å². The number of thiophene rings is 1. The molecule has 150 valence electrons. The Morgan fingerprint density at radius 2 is 2.03 bits per heavy atom. The van der Waals surface area contributed by atoms with Crippen LogP contribution in [-0.2, 0) is 34.3 Å². The van der Waals surface area contributed by atoms with Crippen molar-refractivity contribution in [2.75, 3.05) is 6.54 Å². The van der Waals surface area contributed by atoms with Crippen molar-refractivity contribution in [3.8, 4) is 0 Å². The van der Waals surface area contributed by atoms with Gasteiger partial charge in [-0.25, -0.2) is 13.1 Å². The van der Waals surface area contributed by atoms with E-state index in [4.69, 9.17) is 4.42 Å². The van der Waals surface area contributed by atoms with Gasteiger partial charge in [-0.15, -0.1) is 11.3 Å². The van der Waals surface area contributed by atoms with E-state index in [1.165, 1.54) is 34.9 Å². The normalized spacial score (nSPS) is 14.3. The third-order valence-corrected chi connectivity index (χ3v) is 7.18. The Balaban J connectivity index is 1.37. The number of rotatable bonds is 6. The van der Waals surface area contributed by atoms with Gasteiger partial charge in [0.25, 0.3) is 0 Å². The monoisotopic (exact) mass is 428 g/mol. The molecule has 8 heteroatoms. The van der Waals surface area contributed by atoms with Gasteiger partial charge in [-0.05, 0) is 59.3 Å². The first-order valence-electron chi connectivity index (χ1n) is 9.16. The van der Waals surface area contributed by atoms with Gasteiger partial charge in [0, 0.05) is 24.0 Å². The molecule has 0 saturated heterocycles. The fourth-order valence-electron chi connectivity index (χ4n) is 3.13. The third kappa shape index (κ3) is 4.67. The highest BCUT2D eigenvalue weighted by Gasteiger charge is 2.19. The fourth-order valence-corrected chi connectivity index (χ4v) is 5.01. The lowest BCUT2D eigenvalue weighted by atomic mass is 10.1. The summed E-state index contributed by atoms with van der Waals surface area (Å²) in [7, 11) is -3.63. The molecule has 0 aliphatic carbocycles. The summed E-state index contributed by atoms with van der Waals surface area (Å²) in [6.45, 7) is 1.45. The van der Waals surface area contributed by atoms with Crippen LogP contribution in [0.25, 0.3) is 6.08 Å². The molecule has 0 saturated carbocycles. The average molecular weight is 429 g/mol. The number of carbonyl (C=O) groups is 1. The van der Waals surface area contributed by atoms with E-state index in [0.29, 0.717) is 12.3 Å². The summed E-state index contributed by atoms with van der Waals surface area (Å²) in [5.74, 6) is 0.498. The number of fused-ring (bicyclic) bond motifs is 1. The Labute approximate surface area is 173 Å². The zero-order valence-corrected chi connectivity index (χ0v) is 17.2. The summed E-state index contributed by atoms with van der Waals surface area (Å²) in [6, 6.07) is 11.9. The van der Waals surface area contributed by atoms with Crippen molar-refractivity contribution < 1.29 is 17.6 Å². The van der Waals surface area contributed by atoms with E-state index in [9.17, 15) is 13.2 Å². The Hall–Kier alpha value is -2.68. The van der Waals surface area contributed by atoms with E-state index in [2.05, 4.69) is 16.2 Å². The second-order valence-corrected chi connectivity index (χ2v) is 9.45. The quantitative estimate of drug-likeness (QED) is 0.610. The smallest absolute Gasteiger partial charge is 0.246 e. The summed E-state index contributed by atoms with van der Waals surface area (Å²) < 4.78 is 32.3. The molecule has 1 amide bonds. The molecule has 2 aromatic heterocycles. The lowest BCUT2D eigenvalue weighted by Gasteiger charge is -2.25. The minimum atomic E-state index is -3.63. The number of sulfonamides is 1. The maximum absolute atomic E-state index is 12.5. The predicted octanol–water partition coefficient (Wildman–Crippen LogP) is 3.42. The molecule has 0 unspecified atom stereocenters. The van der Waals surface area contributed by atoms with Crippen molar-refractivity contribution in [1.82, 2.24) is 9.62 Å². The maximum Gasteiger partial charge on any atom is 0.246 e. The maximum atomic E-state index is 12.5.